The zero-order chi connectivity index (χ0) is 10.9. The Morgan fingerprint density at radius 2 is 2.20 bits per heavy atom. The minimum atomic E-state index is 0.676. The molecule has 1 N–H and O–H groups in total. The lowest BCUT2D eigenvalue weighted by Crippen LogP contribution is -2.05. The first kappa shape index (κ1) is 11.8. The van der Waals surface area contributed by atoms with Crippen molar-refractivity contribution in [3.8, 4) is 5.75 Å². The molecule has 0 aromatic carbocycles. The Balaban J connectivity index is 2.44. The van der Waals surface area contributed by atoms with Gasteiger partial charge in [0.2, 0.25) is 0 Å². The second kappa shape index (κ2) is 7.10. The number of hydrogen-bond acceptors (Lipinski definition) is 3. The van der Waals surface area contributed by atoms with Gasteiger partial charge in [0, 0.05) is 12.7 Å². The van der Waals surface area contributed by atoms with Crippen molar-refractivity contribution in [2.45, 2.75) is 33.1 Å². The van der Waals surface area contributed by atoms with Crippen LogP contribution in [0.25, 0.3) is 0 Å². The second-order valence-electron chi connectivity index (χ2n) is 3.42. The van der Waals surface area contributed by atoms with Crippen LogP contribution in [0.5, 0.6) is 5.75 Å². The van der Waals surface area contributed by atoms with Crippen LogP contribution in [0.15, 0.2) is 18.3 Å². The first-order valence-electron chi connectivity index (χ1n) is 5.70. The van der Waals surface area contributed by atoms with Crippen LogP contribution in [-0.4, -0.2) is 18.1 Å². The highest BCUT2D eigenvalue weighted by molar-refractivity contribution is 5.49. The molecule has 1 aromatic heterocycles. The third-order valence-electron chi connectivity index (χ3n) is 2.14. The van der Waals surface area contributed by atoms with Crippen molar-refractivity contribution < 1.29 is 4.74 Å². The van der Waals surface area contributed by atoms with E-state index < -0.39 is 0 Å². The molecule has 3 nitrogen and oxygen atoms in total. The van der Waals surface area contributed by atoms with E-state index in [9.17, 15) is 0 Å². The predicted octanol–water partition coefficient (Wildman–Crippen LogP) is 3.08. The number of unbranched alkanes of at least 4 members (excludes halogenated alkanes) is 2. The van der Waals surface area contributed by atoms with Crippen LogP contribution in [0.2, 0.25) is 0 Å². The summed E-state index contributed by atoms with van der Waals surface area (Å²) < 4.78 is 5.47. The van der Waals surface area contributed by atoms with Gasteiger partial charge >= 0.3 is 0 Å². The van der Waals surface area contributed by atoms with Crippen LogP contribution in [0, 0.1) is 0 Å². The van der Waals surface area contributed by atoms with Crippen molar-refractivity contribution in [3.05, 3.63) is 18.3 Å². The standard InChI is InChI=1S/C12H20N2O/c1-3-5-6-9-13-12-11(15-4-2)8-7-10-14-12/h7-8,10H,3-6,9H2,1-2H3,(H,13,14). The molecule has 1 aromatic rings. The molecule has 0 spiro atoms. The van der Waals surface area contributed by atoms with E-state index in [-0.39, 0.29) is 0 Å². The van der Waals surface area contributed by atoms with Crippen molar-refractivity contribution in [2.75, 3.05) is 18.5 Å². The van der Waals surface area contributed by atoms with Crippen molar-refractivity contribution in [1.29, 1.82) is 0 Å². The third kappa shape index (κ3) is 4.19. The summed E-state index contributed by atoms with van der Waals surface area (Å²) in [5.74, 6) is 1.70. The smallest absolute Gasteiger partial charge is 0.168 e. The van der Waals surface area contributed by atoms with Gasteiger partial charge in [0.05, 0.1) is 6.61 Å². The Kier molecular flexibility index (Phi) is 5.59. The molecule has 0 saturated heterocycles. The van der Waals surface area contributed by atoms with E-state index >= 15 is 0 Å². The maximum absolute atomic E-state index is 5.47. The van der Waals surface area contributed by atoms with E-state index in [2.05, 4.69) is 17.2 Å². The maximum Gasteiger partial charge on any atom is 0.168 e. The monoisotopic (exact) mass is 208 g/mol. The van der Waals surface area contributed by atoms with Gasteiger partial charge in [-0.05, 0) is 25.5 Å². The molecule has 0 aliphatic carbocycles. The molecule has 84 valence electrons. The van der Waals surface area contributed by atoms with Crippen LogP contribution >= 0.6 is 0 Å². The highest BCUT2D eigenvalue weighted by Gasteiger charge is 2.01. The summed E-state index contributed by atoms with van der Waals surface area (Å²) in [6.07, 6.45) is 5.45. The first-order valence-corrected chi connectivity index (χ1v) is 5.70. The first-order chi connectivity index (χ1) is 7.38. The van der Waals surface area contributed by atoms with E-state index in [1.165, 1.54) is 19.3 Å². The Bertz CT molecular complexity index is 276. The lowest BCUT2D eigenvalue weighted by molar-refractivity contribution is 0.340. The van der Waals surface area contributed by atoms with Gasteiger partial charge in [0.15, 0.2) is 11.6 Å². The van der Waals surface area contributed by atoms with Gasteiger partial charge in [0.25, 0.3) is 0 Å². The molecule has 0 bridgehead atoms. The molecule has 0 saturated carbocycles. The quantitative estimate of drug-likeness (QED) is 0.699. The van der Waals surface area contributed by atoms with E-state index in [1.807, 2.05) is 19.1 Å². The van der Waals surface area contributed by atoms with E-state index in [1.54, 1.807) is 6.20 Å². The summed E-state index contributed by atoms with van der Waals surface area (Å²) in [6.45, 7) is 5.82. The second-order valence-corrected chi connectivity index (χ2v) is 3.42. The molecule has 15 heavy (non-hydrogen) atoms. The topological polar surface area (TPSA) is 34.2 Å². The molecular formula is C12H20N2O. The number of rotatable bonds is 7. The fourth-order valence-corrected chi connectivity index (χ4v) is 1.38. The summed E-state index contributed by atoms with van der Waals surface area (Å²) in [7, 11) is 0. The Labute approximate surface area is 91.9 Å². The highest BCUT2D eigenvalue weighted by Crippen LogP contribution is 2.20. The molecule has 1 heterocycles. The van der Waals surface area contributed by atoms with Crippen LogP contribution in [0.3, 0.4) is 0 Å². The molecule has 0 unspecified atom stereocenters. The van der Waals surface area contributed by atoms with Crippen LogP contribution < -0.4 is 10.1 Å². The number of aromatic nitrogens is 1. The van der Waals surface area contributed by atoms with Gasteiger partial charge < -0.3 is 10.1 Å². The summed E-state index contributed by atoms with van der Waals surface area (Å²) in [5.41, 5.74) is 0. The fraction of sp³-hybridized carbons (Fsp3) is 0.583. The summed E-state index contributed by atoms with van der Waals surface area (Å²) in [4.78, 5) is 4.26. The average molecular weight is 208 g/mol. The zero-order valence-corrected chi connectivity index (χ0v) is 9.62. The Hall–Kier alpha value is -1.25. The van der Waals surface area contributed by atoms with Gasteiger partial charge in [0.1, 0.15) is 0 Å². The molecule has 0 fully saturated rings. The molecule has 0 aliphatic rings. The van der Waals surface area contributed by atoms with Crippen molar-refractivity contribution >= 4 is 5.82 Å². The zero-order valence-electron chi connectivity index (χ0n) is 9.62. The highest BCUT2D eigenvalue weighted by atomic mass is 16.5. The number of ether oxygens (including phenoxy) is 1. The largest absolute Gasteiger partial charge is 0.490 e. The number of anilines is 1. The van der Waals surface area contributed by atoms with Crippen LogP contribution in [0.1, 0.15) is 33.1 Å². The van der Waals surface area contributed by atoms with Gasteiger partial charge in [-0.15, -0.1) is 0 Å². The number of pyridine rings is 1. The van der Waals surface area contributed by atoms with Gasteiger partial charge in [-0.2, -0.15) is 0 Å². The SMILES string of the molecule is CCCCCNc1ncccc1OCC. The lowest BCUT2D eigenvalue weighted by atomic mass is 10.2. The minimum absolute atomic E-state index is 0.676. The average Bonchev–Trinajstić information content (AvgIpc) is 2.27. The van der Waals surface area contributed by atoms with E-state index in [0.717, 1.165) is 18.1 Å². The molecule has 0 aliphatic heterocycles. The van der Waals surface area contributed by atoms with Gasteiger partial charge in [-0.1, -0.05) is 19.8 Å². The fourth-order valence-electron chi connectivity index (χ4n) is 1.38. The van der Waals surface area contributed by atoms with Crippen molar-refractivity contribution in [2.24, 2.45) is 0 Å². The predicted molar refractivity (Wildman–Crippen MR) is 63.4 cm³/mol. The summed E-state index contributed by atoms with van der Waals surface area (Å²) >= 11 is 0. The van der Waals surface area contributed by atoms with E-state index in [0.29, 0.717) is 6.61 Å². The van der Waals surface area contributed by atoms with Gasteiger partial charge in [-0.25, -0.2) is 4.98 Å². The molecular weight excluding hydrogens is 188 g/mol. The van der Waals surface area contributed by atoms with Crippen molar-refractivity contribution in [3.63, 3.8) is 0 Å². The molecule has 3 heteroatoms. The molecule has 1 rings (SSSR count). The molecule has 0 amide bonds. The maximum atomic E-state index is 5.47. The van der Waals surface area contributed by atoms with Crippen molar-refractivity contribution in [1.82, 2.24) is 4.98 Å². The third-order valence-corrected chi connectivity index (χ3v) is 2.14. The van der Waals surface area contributed by atoms with Crippen LogP contribution in [-0.2, 0) is 0 Å². The minimum Gasteiger partial charge on any atom is -0.490 e. The Morgan fingerprint density at radius 3 is 2.93 bits per heavy atom. The Morgan fingerprint density at radius 1 is 1.33 bits per heavy atom. The number of nitrogens with zero attached hydrogens (tertiary/aromatic N) is 1. The van der Waals surface area contributed by atoms with Gasteiger partial charge in [-0.3, -0.25) is 0 Å². The summed E-state index contributed by atoms with van der Waals surface area (Å²) in [5, 5.41) is 3.30. The molecule has 0 atom stereocenters. The van der Waals surface area contributed by atoms with E-state index in [4.69, 9.17) is 4.74 Å². The van der Waals surface area contributed by atoms with Crippen LogP contribution in [0.4, 0.5) is 5.82 Å². The number of hydrogen-bond donors (Lipinski definition) is 1. The lowest BCUT2D eigenvalue weighted by Gasteiger charge is -2.10. The normalized spacial score (nSPS) is 10.0. The summed E-state index contributed by atoms with van der Waals surface area (Å²) in [6, 6.07) is 3.83. The molecule has 0 radical (unpaired) electrons. The number of nitrogens with one attached hydrogen (secondary N) is 1.